The summed E-state index contributed by atoms with van der Waals surface area (Å²) in [6.45, 7) is 0.922. The fraction of sp³-hybridized carbons (Fsp3) is 0.696. The maximum Gasteiger partial charge on any atom is 0.246 e. The fourth-order valence-corrected chi connectivity index (χ4v) is 5.51. The molecule has 3 fully saturated rings. The van der Waals surface area contributed by atoms with E-state index in [2.05, 4.69) is 50.8 Å². The first-order valence-electron chi connectivity index (χ1n) is 13.3. The predicted molar refractivity (Wildman–Crippen MR) is 159 cm³/mol. The maximum atomic E-state index is 13.8. The largest absolute Gasteiger partial charge is 0.370 e. The molecule has 0 aliphatic carbocycles. The number of aliphatic imine (C=N–C) groups is 1. The first-order chi connectivity index (χ1) is 19.5. The van der Waals surface area contributed by atoms with E-state index >= 15 is 0 Å². The molecule has 7 atom stereocenters. The molecule has 2 bridgehead atoms. The molecule has 0 spiro atoms. The van der Waals surface area contributed by atoms with Crippen molar-refractivity contribution in [3.63, 3.8) is 0 Å². The lowest BCUT2D eigenvalue weighted by Crippen LogP contribution is -2.64. The number of nitrogens with one attached hydrogen (secondary N) is 5. The normalized spacial score (nSPS) is 28.5. The summed E-state index contributed by atoms with van der Waals surface area (Å²) in [6, 6.07) is -4.74. The molecular formula is C23H38N11O6PS. The Morgan fingerprint density at radius 3 is 2.52 bits per heavy atom. The Hall–Kier alpha value is -3.62. The van der Waals surface area contributed by atoms with Crippen LogP contribution in [0.1, 0.15) is 45.4 Å². The molecule has 3 rings (SSSR count). The minimum absolute atomic E-state index is 0. The van der Waals surface area contributed by atoms with Gasteiger partial charge in [-0.2, -0.15) is 13.5 Å². The van der Waals surface area contributed by atoms with E-state index in [0.29, 0.717) is 25.7 Å². The van der Waals surface area contributed by atoms with E-state index in [1.54, 1.807) is 0 Å². The van der Waals surface area contributed by atoms with E-state index in [-0.39, 0.29) is 57.2 Å². The molecule has 42 heavy (non-hydrogen) atoms. The molecule has 0 aromatic rings. The quantitative estimate of drug-likeness (QED) is 0.0327. The lowest BCUT2D eigenvalue weighted by Gasteiger charge is -2.42. The number of carbonyl (C=O) groups excluding carboxylic acids is 6. The molecule has 5 amide bonds. The number of carbonyl (C=O) groups is 6. The zero-order valence-corrected chi connectivity index (χ0v) is 25.3. The van der Waals surface area contributed by atoms with E-state index in [4.69, 9.17) is 11.3 Å². The highest BCUT2D eigenvalue weighted by Gasteiger charge is 2.50. The van der Waals surface area contributed by atoms with Crippen LogP contribution in [0.4, 0.5) is 0 Å². The first-order valence-corrected chi connectivity index (χ1v) is 13.9. The Morgan fingerprint density at radius 1 is 1.12 bits per heavy atom. The van der Waals surface area contributed by atoms with Crippen LogP contribution in [0.25, 0.3) is 10.4 Å². The highest BCUT2D eigenvalue weighted by molar-refractivity contribution is 7.59. The Balaban J connectivity index is 0.00000616. The Bertz CT molecular complexity index is 1150. The van der Waals surface area contributed by atoms with Crippen LogP contribution in [-0.4, -0.2) is 96.0 Å². The van der Waals surface area contributed by atoms with Crippen LogP contribution in [0.3, 0.4) is 0 Å². The van der Waals surface area contributed by atoms with Crippen LogP contribution in [0.2, 0.25) is 0 Å². The Kier molecular flexibility index (Phi) is 13.3. The van der Waals surface area contributed by atoms with Gasteiger partial charge in [-0.1, -0.05) is 5.11 Å². The predicted octanol–water partition coefficient (Wildman–Crippen LogP) is -2.17. The molecule has 0 radical (unpaired) electrons. The van der Waals surface area contributed by atoms with Crippen molar-refractivity contribution < 1.29 is 28.8 Å². The molecule has 3 aliphatic rings. The fourth-order valence-electron chi connectivity index (χ4n) is 5.42. The van der Waals surface area contributed by atoms with Gasteiger partial charge in [0.1, 0.15) is 30.0 Å². The van der Waals surface area contributed by atoms with Crippen molar-refractivity contribution in [3.05, 3.63) is 10.4 Å². The number of nitrogens with zero attached hydrogens (tertiary/aromatic N) is 5. The van der Waals surface area contributed by atoms with Crippen molar-refractivity contribution in [3.8, 4) is 0 Å². The van der Waals surface area contributed by atoms with E-state index in [1.807, 2.05) is 0 Å². The number of rotatable bonds is 8. The van der Waals surface area contributed by atoms with Gasteiger partial charge in [0.15, 0.2) is 5.96 Å². The molecule has 3 saturated heterocycles. The Morgan fingerprint density at radius 2 is 1.86 bits per heavy atom. The molecule has 232 valence electrons. The van der Waals surface area contributed by atoms with Gasteiger partial charge in [0.2, 0.25) is 29.5 Å². The number of amides is 5. The minimum atomic E-state index is -1.31. The van der Waals surface area contributed by atoms with E-state index in [1.165, 1.54) is 11.8 Å². The SMILES string of the molecule is CC(=O)C[C@@H]1NC(=O)CNC(=O)[C@H](CCCN=C(N)NP)NC(=O)[C@@H]2CC[C@H]3C[C@@H](CN=[N+]=[N-])[C@@H](NC1=O)C(=O)N32.S. The summed E-state index contributed by atoms with van der Waals surface area (Å²) in [5, 5.41) is 16.5. The third-order valence-corrected chi connectivity index (χ3v) is 7.63. The molecule has 17 nitrogen and oxygen atoms in total. The first kappa shape index (κ1) is 34.6. The van der Waals surface area contributed by atoms with Gasteiger partial charge in [-0.3, -0.25) is 33.8 Å². The molecule has 3 aliphatic heterocycles. The second-order valence-corrected chi connectivity index (χ2v) is 10.5. The number of hydrogen-bond donors (Lipinski definition) is 6. The summed E-state index contributed by atoms with van der Waals surface area (Å²) in [6.07, 6.45) is 1.39. The molecule has 19 heteroatoms. The number of azide groups is 1. The van der Waals surface area contributed by atoms with Gasteiger partial charge in [0.25, 0.3) is 0 Å². The van der Waals surface area contributed by atoms with Crippen molar-refractivity contribution in [1.29, 1.82) is 0 Å². The number of piperidine rings is 1. The molecule has 0 aromatic heterocycles. The number of guanidine groups is 1. The maximum absolute atomic E-state index is 13.8. The van der Waals surface area contributed by atoms with Gasteiger partial charge in [-0.15, -0.1) is 0 Å². The molecule has 0 aromatic carbocycles. The van der Waals surface area contributed by atoms with Crippen molar-refractivity contribution in [2.45, 2.75) is 75.7 Å². The summed E-state index contributed by atoms with van der Waals surface area (Å²) in [7, 11) is 2.21. The van der Waals surface area contributed by atoms with Gasteiger partial charge < -0.3 is 37.0 Å². The van der Waals surface area contributed by atoms with Gasteiger partial charge >= 0.3 is 0 Å². The summed E-state index contributed by atoms with van der Waals surface area (Å²) in [5.41, 5.74) is 14.5. The lowest BCUT2D eigenvalue weighted by molar-refractivity contribution is -0.149. The van der Waals surface area contributed by atoms with Crippen LogP contribution in [0.15, 0.2) is 10.1 Å². The van der Waals surface area contributed by atoms with E-state index < -0.39 is 66.2 Å². The monoisotopic (exact) mass is 627 g/mol. The zero-order chi connectivity index (χ0) is 30.1. The molecule has 7 N–H and O–H groups in total. The minimum Gasteiger partial charge on any atom is -0.370 e. The topological polar surface area (TPSA) is 253 Å². The second-order valence-electron chi connectivity index (χ2n) is 10.2. The zero-order valence-electron chi connectivity index (χ0n) is 23.2. The van der Waals surface area contributed by atoms with E-state index in [9.17, 15) is 28.8 Å². The van der Waals surface area contributed by atoms with Crippen LogP contribution < -0.4 is 32.1 Å². The summed E-state index contributed by atoms with van der Waals surface area (Å²) in [4.78, 5) is 86.3. The van der Waals surface area contributed by atoms with Crippen LogP contribution >= 0.6 is 22.9 Å². The van der Waals surface area contributed by atoms with Crippen LogP contribution in [0, 0.1) is 5.92 Å². The lowest BCUT2D eigenvalue weighted by atomic mass is 9.86. The number of fused-ring (bicyclic) bond motifs is 1. The number of nitrogens with two attached hydrogens (primary N) is 1. The number of Topliss-reactive ketones (excluding diaryl/α,β-unsaturated/α-hetero) is 1. The smallest absolute Gasteiger partial charge is 0.246 e. The third-order valence-electron chi connectivity index (χ3n) is 7.33. The highest BCUT2D eigenvalue weighted by Crippen LogP contribution is 2.36. The molecular weight excluding hydrogens is 589 g/mol. The van der Waals surface area contributed by atoms with Crippen LogP contribution in [0.5, 0.6) is 0 Å². The van der Waals surface area contributed by atoms with Gasteiger partial charge in [0, 0.05) is 30.5 Å². The van der Waals surface area contributed by atoms with Crippen molar-refractivity contribution >= 4 is 64.2 Å². The summed E-state index contributed by atoms with van der Waals surface area (Å²) < 4.78 is 0. The van der Waals surface area contributed by atoms with Crippen molar-refractivity contribution in [1.82, 2.24) is 31.3 Å². The number of hydrogen-bond acceptors (Lipinski definition) is 8. The van der Waals surface area contributed by atoms with Gasteiger partial charge in [0.05, 0.1) is 6.54 Å². The van der Waals surface area contributed by atoms with Gasteiger partial charge in [-0.25, -0.2) is 0 Å². The standard InChI is InChI=1S/C23H36N11O6P.H2S/c1-11(35)7-15-20(38)31-18-12(9-28-33-25)8-13-4-5-16(34(13)22(18)40)21(39)30-14(3-2-6-26-23(24)32-41)19(37)27-10-17(36)29-15;/h12-16,18H,2-10,41H2,1H3,(H,27,37)(H,29,36)(H,30,39)(H,31,38)(H3,24,26,32);1H2/t12-,13-,14-,15-,16-,18+;/m0./s1. The average molecular weight is 628 g/mol. The van der Waals surface area contributed by atoms with E-state index in [0.717, 1.165) is 0 Å². The summed E-state index contributed by atoms with van der Waals surface area (Å²) >= 11 is 0. The van der Waals surface area contributed by atoms with Crippen molar-refractivity contribution in [2.75, 3.05) is 19.6 Å². The Labute approximate surface area is 251 Å². The third kappa shape index (κ3) is 8.94. The molecule has 3 heterocycles. The van der Waals surface area contributed by atoms with Crippen molar-refractivity contribution in [2.24, 2.45) is 21.8 Å². The highest BCUT2D eigenvalue weighted by atomic mass is 32.1. The molecule has 0 saturated carbocycles. The van der Waals surface area contributed by atoms with Gasteiger partial charge in [-0.05, 0) is 59.9 Å². The number of ketones is 1. The average Bonchev–Trinajstić information content (AvgIpc) is 3.36. The second kappa shape index (κ2) is 16.1. The summed E-state index contributed by atoms with van der Waals surface area (Å²) in [5.74, 6) is -4.01. The van der Waals surface area contributed by atoms with Crippen LogP contribution in [-0.2, 0) is 28.8 Å². The molecule has 1 unspecified atom stereocenters.